The maximum Gasteiger partial charge on any atom is 0.305 e. The Morgan fingerprint density at radius 1 is 0.378 bits per heavy atom. The molecule has 0 heterocycles. The SMILES string of the molecule is CCCCCC/C=C\C/C=C\CCCCCCCC(=O)OCCCCCCCCCCCCCC/C=C\CCCCCCCCCCCCCCCC(=O)NC(CO)C(O)/C=C/CCCCCCCCCCCC. The van der Waals surface area contributed by atoms with Gasteiger partial charge in [-0.3, -0.25) is 9.59 Å². The Kier molecular flexibility index (Phi) is 61.5. The smallest absolute Gasteiger partial charge is 0.305 e. The van der Waals surface area contributed by atoms with E-state index >= 15 is 0 Å². The van der Waals surface area contributed by atoms with Gasteiger partial charge in [-0.2, -0.15) is 0 Å². The van der Waals surface area contributed by atoms with Crippen molar-refractivity contribution in [2.45, 2.75) is 360 Å². The van der Waals surface area contributed by atoms with E-state index in [0.29, 0.717) is 19.4 Å². The van der Waals surface area contributed by atoms with Crippen LogP contribution in [0.4, 0.5) is 0 Å². The molecule has 0 spiro atoms. The minimum absolute atomic E-state index is 0.00246. The van der Waals surface area contributed by atoms with Crippen LogP contribution in [0.25, 0.3) is 0 Å². The molecule has 0 saturated heterocycles. The summed E-state index contributed by atoms with van der Waals surface area (Å²) in [6.45, 7) is 4.88. The van der Waals surface area contributed by atoms with Crippen LogP contribution >= 0.6 is 0 Å². The van der Waals surface area contributed by atoms with Crippen molar-refractivity contribution in [2.24, 2.45) is 0 Å². The highest BCUT2D eigenvalue weighted by Gasteiger charge is 2.18. The molecular weight excluding hydrogens is 911 g/mol. The van der Waals surface area contributed by atoms with E-state index in [2.05, 4.69) is 55.6 Å². The first-order valence-electron chi connectivity index (χ1n) is 32.9. The summed E-state index contributed by atoms with van der Waals surface area (Å²) < 4.78 is 5.49. The van der Waals surface area contributed by atoms with E-state index in [-0.39, 0.29) is 18.5 Å². The van der Waals surface area contributed by atoms with Gasteiger partial charge in [0, 0.05) is 12.8 Å². The number of amides is 1. The highest BCUT2D eigenvalue weighted by molar-refractivity contribution is 5.76. The molecule has 0 rings (SSSR count). The zero-order valence-corrected chi connectivity index (χ0v) is 49.6. The van der Waals surface area contributed by atoms with Crippen molar-refractivity contribution in [1.29, 1.82) is 0 Å². The van der Waals surface area contributed by atoms with Crippen LogP contribution in [-0.2, 0) is 14.3 Å². The zero-order chi connectivity index (χ0) is 53.6. The van der Waals surface area contributed by atoms with E-state index in [1.54, 1.807) is 6.08 Å². The predicted molar refractivity (Wildman–Crippen MR) is 324 cm³/mol. The Hall–Kier alpha value is -2.18. The van der Waals surface area contributed by atoms with E-state index < -0.39 is 12.1 Å². The first-order chi connectivity index (χ1) is 36.5. The molecule has 0 aliphatic heterocycles. The molecule has 0 fully saturated rings. The topological polar surface area (TPSA) is 95.9 Å². The Bertz CT molecular complexity index is 1240. The lowest BCUT2D eigenvalue weighted by atomic mass is 10.0. The first-order valence-corrected chi connectivity index (χ1v) is 32.9. The van der Waals surface area contributed by atoms with Crippen molar-refractivity contribution in [3.8, 4) is 0 Å². The maximum atomic E-state index is 12.4. The van der Waals surface area contributed by atoms with Crippen LogP contribution in [0.15, 0.2) is 48.6 Å². The zero-order valence-electron chi connectivity index (χ0n) is 49.6. The largest absolute Gasteiger partial charge is 0.466 e. The number of carbonyl (C=O) groups excluding carboxylic acids is 2. The standard InChI is InChI=1S/C68H127NO5/c1-3-5-7-9-11-13-15-17-18-35-38-42-46-50-54-58-62-68(73)74-63-59-55-51-47-43-39-36-33-31-29-27-25-23-21-19-20-22-24-26-28-30-32-34-37-41-45-49-53-57-61-67(72)69-65(64-70)66(71)60-56-52-48-44-40-16-14-12-10-8-6-4-2/h13,15,18-19,21,35,56,60,65-66,70-71H,3-12,14,16-17,20,22-34,36-55,57-59,61-64H2,1-2H3,(H,69,72)/b15-13-,21-19-,35-18-,60-56+. The molecule has 6 heteroatoms. The lowest BCUT2D eigenvalue weighted by Crippen LogP contribution is -2.45. The van der Waals surface area contributed by atoms with Crippen LogP contribution in [0.3, 0.4) is 0 Å². The molecule has 1 amide bonds. The van der Waals surface area contributed by atoms with Gasteiger partial charge in [-0.1, -0.05) is 294 Å². The monoisotopic (exact) mass is 1040 g/mol. The van der Waals surface area contributed by atoms with E-state index in [1.165, 1.54) is 270 Å². The molecule has 74 heavy (non-hydrogen) atoms. The van der Waals surface area contributed by atoms with Crippen LogP contribution in [0, 0.1) is 0 Å². The van der Waals surface area contributed by atoms with Crippen molar-refractivity contribution < 1.29 is 24.5 Å². The quantitative estimate of drug-likeness (QED) is 0.0320. The van der Waals surface area contributed by atoms with Crippen LogP contribution in [0.2, 0.25) is 0 Å². The number of carbonyl (C=O) groups is 2. The van der Waals surface area contributed by atoms with Crippen molar-refractivity contribution in [1.82, 2.24) is 5.32 Å². The summed E-state index contributed by atoms with van der Waals surface area (Å²) in [6.07, 6.45) is 81.7. The fourth-order valence-corrected chi connectivity index (χ4v) is 10.0. The van der Waals surface area contributed by atoms with Crippen LogP contribution in [0.1, 0.15) is 348 Å². The van der Waals surface area contributed by atoms with Gasteiger partial charge in [0.1, 0.15) is 0 Å². The molecule has 3 N–H and O–H groups in total. The molecule has 0 aromatic rings. The number of aliphatic hydroxyl groups excluding tert-OH is 2. The van der Waals surface area contributed by atoms with Gasteiger partial charge < -0.3 is 20.3 Å². The van der Waals surface area contributed by atoms with Crippen molar-refractivity contribution in [2.75, 3.05) is 13.2 Å². The molecule has 0 saturated carbocycles. The number of aliphatic hydroxyl groups is 2. The summed E-state index contributed by atoms with van der Waals surface area (Å²) in [5.74, 6) is -0.0650. The third-order valence-electron chi connectivity index (χ3n) is 15.1. The Morgan fingerprint density at radius 3 is 1.05 bits per heavy atom. The van der Waals surface area contributed by atoms with Gasteiger partial charge in [0.25, 0.3) is 0 Å². The molecule has 0 aromatic heterocycles. The third-order valence-corrected chi connectivity index (χ3v) is 15.1. The van der Waals surface area contributed by atoms with E-state index in [4.69, 9.17) is 4.74 Å². The molecule has 434 valence electrons. The summed E-state index contributed by atoms with van der Waals surface area (Å²) in [4.78, 5) is 24.5. The number of allylic oxidation sites excluding steroid dienone is 7. The second-order valence-electron chi connectivity index (χ2n) is 22.4. The van der Waals surface area contributed by atoms with Gasteiger partial charge >= 0.3 is 5.97 Å². The molecule has 0 aromatic carbocycles. The number of ether oxygens (including phenoxy) is 1. The number of hydrogen-bond acceptors (Lipinski definition) is 5. The number of nitrogens with one attached hydrogen (secondary N) is 1. The molecule has 6 nitrogen and oxygen atoms in total. The van der Waals surface area contributed by atoms with Crippen LogP contribution in [-0.4, -0.2) is 47.4 Å². The van der Waals surface area contributed by atoms with Crippen molar-refractivity contribution in [3.63, 3.8) is 0 Å². The van der Waals surface area contributed by atoms with E-state index in [0.717, 1.165) is 51.4 Å². The molecule has 0 bridgehead atoms. The average Bonchev–Trinajstić information content (AvgIpc) is 3.40. The van der Waals surface area contributed by atoms with E-state index in [9.17, 15) is 19.8 Å². The van der Waals surface area contributed by atoms with Crippen molar-refractivity contribution >= 4 is 11.9 Å². The molecule has 2 atom stereocenters. The molecule has 0 aliphatic carbocycles. The van der Waals surface area contributed by atoms with Gasteiger partial charge in [-0.25, -0.2) is 0 Å². The summed E-state index contributed by atoms with van der Waals surface area (Å²) in [5, 5.41) is 23.1. The summed E-state index contributed by atoms with van der Waals surface area (Å²) in [6, 6.07) is -0.627. The fraction of sp³-hybridized carbons (Fsp3) is 0.853. The Balaban J connectivity index is 3.38. The predicted octanol–water partition coefficient (Wildman–Crippen LogP) is 20.9. The van der Waals surface area contributed by atoms with E-state index in [1.807, 2.05) is 6.08 Å². The fourth-order valence-electron chi connectivity index (χ4n) is 10.0. The lowest BCUT2D eigenvalue weighted by molar-refractivity contribution is -0.143. The lowest BCUT2D eigenvalue weighted by Gasteiger charge is -2.20. The van der Waals surface area contributed by atoms with Crippen LogP contribution in [0.5, 0.6) is 0 Å². The van der Waals surface area contributed by atoms with Gasteiger partial charge in [0.15, 0.2) is 0 Å². The number of unbranched alkanes of at least 4 members (excludes halogenated alkanes) is 44. The summed E-state index contributed by atoms with van der Waals surface area (Å²) >= 11 is 0. The number of rotatable bonds is 61. The summed E-state index contributed by atoms with van der Waals surface area (Å²) in [5.41, 5.74) is 0. The maximum absolute atomic E-state index is 12.4. The second kappa shape index (κ2) is 63.4. The second-order valence-corrected chi connectivity index (χ2v) is 22.4. The minimum atomic E-state index is -0.843. The first kappa shape index (κ1) is 71.8. The Morgan fingerprint density at radius 2 is 0.676 bits per heavy atom. The van der Waals surface area contributed by atoms with Gasteiger partial charge in [0.2, 0.25) is 5.91 Å². The Labute approximate surface area is 461 Å². The highest BCUT2D eigenvalue weighted by atomic mass is 16.5. The van der Waals surface area contributed by atoms with Crippen LogP contribution < -0.4 is 5.32 Å². The number of esters is 1. The van der Waals surface area contributed by atoms with Gasteiger partial charge in [-0.15, -0.1) is 0 Å². The van der Waals surface area contributed by atoms with Crippen molar-refractivity contribution in [3.05, 3.63) is 48.6 Å². The summed E-state index contributed by atoms with van der Waals surface area (Å²) in [7, 11) is 0. The van der Waals surface area contributed by atoms with Gasteiger partial charge in [0.05, 0.1) is 25.4 Å². The average molecular weight is 1040 g/mol. The van der Waals surface area contributed by atoms with Gasteiger partial charge in [-0.05, 0) is 89.9 Å². The molecule has 0 radical (unpaired) electrons. The third kappa shape index (κ3) is 59.1. The number of hydrogen-bond donors (Lipinski definition) is 3. The normalized spacial score (nSPS) is 12.9. The minimum Gasteiger partial charge on any atom is -0.466 e. The molecule has 2 unspecified atom stereocenters. The highest BCUT2D eigenvalue weighted by Crippen LogP contribution is 2.17. The molecular formula is C68H127NO5. The molecule has 0 aliphatic rings.